The highest BCUT2D eigenvalue weighted by atomic mass is 16.6. The first-order valence-corrected chi connectivity index (χ1v) is 26.7. The largest absolute Gasteiger partial charge is 0.462 e. The summed E-state index contributed by atoms with van der Waals surface area (Å²) in [5.74, 6) is -1.11. The van der Waals surface area contributed by atoms with Gasteiger partial charge in [-0.3, -0.25) is 14.4 Å². The molecule has 6 heteroatoms. The molecule has 0 fully saturated rings. The van der Waals surface area contributed by atoms with E-state index < -0.39 is 12.1 Å². The maximum Gasteiger partial charge on any atom is 0.306 e. The number of carbonyl (C=O) groups excluding carboxylic acids is 3. The number of hydrogen-bond donors (Lipinski definition) is 0. The fourth-order valence-electron chi connectivity index (χ4n) is 6.68. The van der Waals surface area contributed by atoms with Crippen LogP contribution in [-0.4, -0.2) is 37.2 Å². The van der Waals surface area contributed by atoms with Crippen molar-refractivity contribution >= 4 is 17.9 Å². The SMILES string of the molecule is CC/C=C\C/C=C\C/C=C\C/C=C\C/C=C\C/C=C\CCC(=O)O[C@H](COC(=O)CC/C=C\C/C=C\C/C=C\C/C=C\C/C=C\CCCCC)COC(=O)CCCCCCCCCCCCC. The second-order valence-corrected chi connectivity index (χ2v) is 17.1. The van der Waals surface area contributed by atoms with Gasteiger partial charge in [0.15, 0.2) is 6.10 Å². The third-order valence-corrected chi connectivity index (χ3v) is 10.7. The number of esters is 3. The van der Waals surface area contributed by atoms with Gasteiger partial charge in [-0.2, -0.15) is 0 Å². The van der Waals surface area contributed by atoms with E-state index in [9.17, 15) is 14.4 Å². The van der Waals surface area contributed by atoms with Crippen molar-refractivity contribution in [1.82, 2.24) is 0 Å². The lowest BCUT2D eigenvalue weighted by Crippen LogP contribution is -2.30. The van der Waals surface area contributed by atoms with Crippen LogP contribution in [0.5, 0.6) is 0 Å². The van der Waals surface area contributed by atoms with Crippen LogP contribution in [0.4, 0.5) is 0 Å². The van der Waals surface area contributed by atoms with Crippen molar-refractivity contribution in [2.45, 2.75) is 219 Å². The van der Waals surface area contributed by atoms with Crippen molar-refractivity contribution < 1.29 is 28.6 Å². The van der Waals surface area contributed by atoms with Crippen molar-refractivity contribution in [1.29, 1.82) is 0 Å². The maximum absolute atomic E-state index is 12.8. The summed E-state index contributed by atoms with van der Waals surface area (Å²) in [6.45, 7) is 6.34. The summed E-state index contributed by atoms with van der Waals surface area (Å²) in [4.78, 5) is 37.9. The zero-order valence-corrected chi connectivity index (χ0v) is 42.9. The summed E-state index contributed by atoms with van der Waals surface area (Å²) in [5.41, 5.74) is 0. The summed E-state index contributed by atoms with van der Waals surface area (Å²) < 4.78 is 16.6. The molecule has 0 N–H and O–H groups in total. The summed E-state index contributed by atoms with van der Waals surface area (Å²) in [5, 5.41) is 0. The summed E-state index contributed by atoms with van der Waals surface area (Å²) in [6, 6.07) is 0. The van der Waals surface area contributed by atoms with Crippen LogP contribution >= 0.6 is 0 Å². The number of ether oxygens (including phenoxy) is 3. The van der Waals surface area contributed by atoms with Gasteiger partial charge in [-0.05, 0) is 96.3 Å². The Hall–Kier alpha value is -4.45. The Morgan fingerprint density at radius 2 is 0.612 bits per heavy atom. The van der Waals surface area contributed by atoms with Crippen molar-refractivity contribution in [3.63, 3.8) is 0 Å². The van der Waals surface area contributed by atoms with Crippen LogP contribution in [0.1, 0.15) is 213 Å². The van der Waals surface area contributed by atoms with Crippen LogP contribution < -0.4 is 0 Å². The van der Waals surface area contributed by atoms with Crippen molar-refractivity contribution in [3.8, 4) is 0 Å². The third-order valence-electron chi connectivity index (χ3n) is 10.7. The van der Waals surface area contributed by atoms with Gasteiger partial charge in [-0.15, -0.1) is 0 Å². The summed E-state index contributed by atoms with van der Waals surface area (Å²) in [6.07, 6.45) is 76.0. The lowest BCUT2D eigenvalue weighted by atomic mass is 10.1. The zero-order chi connectivity index (χ0) is 48.6. The van der Waals surface area contributed by atoms with E-state index in [1.165, 1.54) is 77.0 Å². The predicted molar refractivity (Wildman–Crippen MR) is 288 cm³/mol. The predicted octanol–water partition coefficient (Wildman–Crippen LogP) is 17.9. The fraction of sp³-hybridized carbons (Fsp3) is 0.590. The highest BCUT2D eigenvalue weighted by molar-refractivity contribution is 5.71. The first-order valence-electron chi connectivity index (χ1n) is 26.7. The Labute approximate surface area is 411 Å². The van der Waals surface area contributed by atoms with Gasteiger partial charge in [0.25, 0.3) is 0 Å². The minimum Gasteiger partial charge on any atom is -0.462 e. The molecular weight excluding hydrogens is 829 g/mol. The van der Waals surface area contributed by atoms with E-state index >= 15 is 0 Å². The Balaban J connectivity index is 4.62. The molecule has 6 nitrogen and oxygen atoms in total. The van der Waals surface area contributed by atoms with E-state index in [-0.39, 0.29) is 38.0 Å². The molecule has 0 saturated carbocycles. The van der Waals surface area contributed by atoms with Gasteiger partial charge in [0.05, 0.1) is 0 Å². The third kappa shape index (κ3) is 52.4. The van der Waals surface area contributed by atoms with Crippen LogP contribution in [0.15, 0.2) is 134 Å². The van der Waals surface area contributed by atoms with Gasteiger partial charge < -0.3 is 14.2 Å². The normalized spacial score (nSPS) is 13.2. The molecule has 0 amide bonds. The molecule has 0 aromatic rings. The number of unbranched alkanes of at least 4 members (excludes halogenated alkanes) is 13. The second kappa shape index (κ2) is 54.2. The molecule has 0 spiro atoms. The number of carbonyl (C=O) groups is 3. The van der Waals surface area contributed by atoms with E-state index in [0.717, 1.165) is 83.5 Å². The minimum absolute atomic E-state index is 0.134. The summed E-state index contributed by atoms with van der Waals surface area (Å²) in [7, 11) is 0. The molecule has 0 heterocycles. The highest BCUT2D eigenvalue weighted by Crippen LogP contribution is 2.13. The fourth-order valence-corrected chi connectivity index (χ4v) is 6.68. The first-order chi connectivity index (χ1) is 33.0. The molecule has 0 aromatic heterocycles. The van der Waals surface area contributed by atoms with E-state index in [1.54, 1.807) is 0 Å². The van der Waals surface area contributed by atoms with Crippen LogP contribution in [0.2, 0.25) is 0 Å². The molecule has 1 atom stereocenters. The molecule has 0 saturated heterocycles. The van der Waals surface area contributed by atoms with Gasteiger partial charge in [-0.25, -0.2) is 0 Å². The molecule has 0 bridgehead atoms. The molecule has 0 aliphatic heterocycles. The van der Waals surface area contributed by atoms with E-state index in [0.29, 0.717) is 19.3 Å². The number of rotatable bonds is 46. The van der Waals surface area contributed by atoms with Crippen molar-refractivity contribution in [2.75, 3.05) is 13.2 Å². The Bertz CT molecular complexity index is 1480. The molecule has 67 heavy (non-hydrogen) atoms. The smallest absolute Gasteiger partial charge is 0.306 e. The van der Waals surface area contributed by atoms with Crippen molar-refractivity contribution in [3.05, 3.63) is 134 Å². The van der Waals surface area contributed by atoms with Gasteiger partial charge >= 0.3 is 17.9 Å². The lowest BCUT2D eigenvalue weighted by molar-refractivity contribution is -0.166. The van der Waals surface area contributed by atoms with Gasteiger partial charge in [0, 0.05) is 19.3 Å². The summed E-state index contributed by atoms with van der Waals surface area (Å²) >= 11 is 0. The number of allylic oxidation sites excluding steroid dienone is 22. The average molecular weight is 925 g/mol. The molecule has 0 unspecified atom stereocenters. The number of hydrogen-bond acceptors (Lipinski definition) is 6. The quantitative estimate of drug-likeness (QED) is 0.0262. The standard InChI is InChI=1S/C61H96O6/c1-4-7-10-13-16-19-22-24-26-28-30-32-34-36-39-42-45-48-51-54-60(63)66-57-58(56-65-59(62)53-50-47-44-41-38-21-18-15-12-9-6-3)67-61(64)55-52-49-46-43-40-37-35-33-31-29-27-25-23-20-17-14-11-8-5-2/h8,11,16-17,19-20,24-27,30-33,36-37,39-40,45-46,48-49,58H,4-7,9-10,12-15,18,21-23,28-29,34-35,38,41-44,47,50-57H2,1-3H3/b11-8-,19-16-,20-17-,26-24-,27-25-,32-30-,33-31-,39-36-,40-37-,48-45-,49-46-/t58-/m0/s1. The van der Waals surface area contributed by atoms with Crippen LogP contribution in [0, 0.1) is 0 Å². The highest BCUT2D eigenvalue weighted by Gasteiger charge is 2.19. The van der Waals surface area contributed by atoms with E-state index in [2.05, 4.69) is 130 Å². The first kappa shape index (κ1) is 62.5. The molecule has 0 rings (SSSR count). The molecule has 0 aliphatic carbocycles. The van der Waals surface area contributed by atoms with Crippen LogP contribution in [-0.2, 0) is 28.6 Å². The molecule has 0 aliphatic rings. The van der Waals surface area contributed by atoms with Gasteiger partial charge in [0.1, 0.15) is 13.2 Å². The Kier molecular flexibility index (Phi) is 50.6. The zero-order valence-electron chi connectivity index (χ0n) is 42.9. The Morgan fingerprint density at radius 1 is 0.313 bits per heavy atom. The van der Waals surface area contributed by atoms with Crippen LogP contribution in [0.25, 0.3) is 0 Å². The molecular formula is C61H96O6. The maximum atomic E-state index is 12.8. The minimum atomic E-state index is -0.851. The monoisotopic (exact) mass is 925 g/mol. The molecule has 0 aromatic carbocycles. The molecule has 376 valence electrons. The lowest BCUT2D eigenvalue weighted by Gasteiger charge is -2.18. The average Bonchev–Trinajstić information content (AvgIpc) is 3.33. The Morgan fingerprint density at radius 3 is 1.00 bits per heavy atom. The van der Waals surface area contributed by atoms with E-state index in [1.807, 2.05) is 24.3 Å². The van der Waals surface area contributed by atoms with E-state index in [4.69, 9.17) is 14.2 Å². The second-order valence-electron chi connectivity index (χ2n) is 17.1. The van der Waals surface area contributed by atoms with Gasteiger partial charge in [0.2, 0.25) is 0 Å². The van der Waals surface area contributed by atoms with Gasteiger partial charge in [-0.1, -0.05) is 231 Å². The molecule has 0 radical (unpaired) electrons. The van der Waals surface area contributed by atoms with Crippen molar-refractivity contribution in [2.24, 2.45) is 0 Å². The van der Waals surface area contributed by atoms with Crippen LogP contribution in [0.3, 0.4) is 0 Å². The topological polar surface area (TPSA) is 78.9 Å².